The number of ether oxygens (including phenoxy) is 3. The zero-order chi connectivity index (χ0) is 12.1. The van der Waals surface area contributed by atoms with Crippen molar-refractivity contribution < 1.29 is 14.2 Å². The molecule has 0 aromatic heterocycles. The fraction of sp³-hybridized carbons (Fsp3) is 1.00. The Morgan fingerprint density at radius 1 is 1.20 bits per heavy atom. The molecule has 0 saturated heterocycles. The molecule has 0 heterocycles. The lowest BCUT2D eigenvalue weighted by Gasteiger charge is -2.31. The van der Waals surface area contributed by atoms with Gasteiger partial charge in [0.1, 0.15) is 6.23 Å². The maximum Gasteiger partial charge on any atom is 0.165 e. The Labute approximate surface area is 93.5 Å². The lowest BCUT2D eigenvalue weighted by Crippen LogP contribution is -2.38. The second-order valence-corrected chi connectivity index (χ2v) is 4.22. The molecule has 0 aliphatic rings. The summed E-state index contributed by atoms with van der Waals surface area (Å²) >= 11 is 0. The van der Waals surface area contributed by atoms with Crippen LogP contribution < -0.4 is 0 Å². The van der Waals surface area contributed by atoms with Crippen molar-refractivity contribution in [3.05, 3.63) is 0 Å². The van der Waals surface area contributed by atoms with Crippen molar-refractivity contribution in [2.24, 2.45) is 0 Å². The van der Waals surface area contributed by atoms with Crippen molar-refractivity contribution in [1.82, 2.24) is 4.90 Å². The summed E-state index contributed by atoms with van der Waals surface area (Å²) in [4.78, 5) is 1.98. The van der Waals surface area contributed by atoms with Gasteiger partial charge in [0.05, 0.1) is 0 Å². The predicted molar refractivity (Wildman–Crippen MR) is 60.5 cm³/mol. The average Bonchev–Trinajstić information content (AvgIpc) is 2.01. The molecule has 0 bridgehead atoms. The van der Waals surface area contributed by atoms with Crippen molar-refractivity contribution in [2.45, 2.75) is 52.9 Å². The summed E-state index contributed by atoms with van der Waals surface area (Å²) in [6.07, 6.45) is -0.263. The van der Waals surface area contributed by atoms with E-state index in [1.165, 1.54) is 0 Å². The van der Waals surface area contributed by atoms with Gasteiger partial charge in [-0.2, -0.15) is 0 Å². The summed E-state index contributed by atoms with van der Waals surface area (Å²) < 4.78 is 16.7. The van der Waals surface area contributed by atoms with Gasteiger partial charge in [0.15, 0.2) is 12.1 Å². The van der Waals surface area contributed by atoms with Gasteiger partial charge in [-0.3, -0.25) is 4.90 Å². The molecule has 0 N–H and O–H groups in total. The molecular weight excluding hydrogens is 194 g/mol. The minimum Gasteiger partial charge on any atom is -0.351 e. The molecule has 0 radical (unpaired) electrons. The summed E-state index contributed by atoms with van der Waals surface area (Å²) in [7, 11) is 3.93. The molecule has 92 valence electrons. The van der Waals surface area contributed by atoms with E-state index in [0.717, 1.165) is 0 Å². The maximum atomic E-state index is 5.63. The average molecular weight is 219 g/mol. The van der Waals surface area contributed by atoms with Crippen LogP contribution in [0, 0.1) is 0 Å². The Morgan fingerprint density at radius 2 is 1.73 bits per heavy atom. The van der Waals surface area contributed by atoms with Gasteiger partial charge in [-0.15, -0.1) is 0 Å². The van der Waals surface area contributed by atoms with E-state index in [9.17, 15) is 0 Å². The molecule has 0 saturated carbocycles. The van der Waals surface area contributed by atoms with E-state index in [-0.39, 0.29) is 12.5 Å². The normalized spacial score (nSPS) is 16.8. The van der Waals surface area contributed by atoms with Gasteiger partial charge >= 0.3 is 0 Å². The fourth-order valence-corrected chi connectivity index (χ4v) is 1.21. The summed E-state index contributed by atoms with van der Waals surface area (Å²) in [5.74, 6) is -0.597. The van der Waals surface area contributed by atoms with Crippen molar-refractivity contribution in [3.8, 4) is 0 Å². The minimum absolute atomic E-state index is 0.0254. The zero-order valence-corrected chi connectivity index (χ0v) is 11.0. The Morgan fingerprint density at radius 3 is 2.13 bits per heavy atom. The molecule has 2 atom stereocenters. The van der Waals surface area contributed by atoms with Crippen LogP contribution in [-0.4, -0.2) is 43.9 Å². The molecule has 15 heavy (non-hydrogen) atoms. The molecule has 0 aliphatic heterocycles. The predicted octanol–water partition coefficient (Wildman–Crippen LogP) is 2.05. The minimum atomic E-state index is -0.597. The van der Waals surface area contributed by atoms with Crippen LogP contribution in [0.15, 0.2) is 0 Å². The number of nitrogens with zero attached hydrogens (tertiary/aromatic N) is 1. The highest BCUT2D eigenvalue weighted by Crippen LogP contribution is 2.15. The lowest BCUT2D eigenvalue weighted by atomic mass is 10.4. The molecule has 0 aromatic carbocycles. The van der Waals surface area contributed by atoms with Gasteiger partial charge in [0.25, 0.3) is 0 Å². The standard InChI is InChI=1S/C11H25NO3/c1-8-13-11(4,5)15-10(3)14-9(2)12(6)7/h9-10H,8H2,1-7H3. The monoisotopic (exact) mass is 219 g/mol. The van der Waals surface area contributed by atoms with Crippen molar-refractivity contribution in [2.75, 3.05) is 20.7 Å². The van der Waals surface area contributed by atoms with E-state index in [0.29, 0.717) is 6.61 Å². The number of hydrogen-bond acceptors (Lipinski definition) is 4. The Bertz CT molecular complexity index is 171. The molecule has 0 rings (SSSR count). The zero-order valence-electron chi connectivity index (χ0n) is 11.0. The Kier molecular flexibility index (Phi) is 6.36. The summed E-state index contributed by atoms with van der Waals surface area (Å²) in [6, 6.07) is 0. The second-order valence-electron chi connectivity index (χ2n) is 4.22. The highest BCUT2D eigenvalue weighted by molar-refractivity contribution is 4.55. The maximum absolute atomic E-state index is 5.63. The fourth-order valence-electron chi connectivity index (χ4n) is 1.21. The van der Waals surface area contributed by atoms with Crippen LogP contribution in [-0.2, 0) is 14.2 Å². The Balaban J connectivity index is 3.96. The second kappa shape index (κ2) is 6.43. The summed E-state index contributed by atoms with van der Waals surface area (Å²) in [5, 5.41) is 0. The van der Waals surface area contributed by atoms with Gasteiger partial charge in [-0.25, -0.2) is 0 Å². The van der Waals surface area contributed by atoms with Gasteiger partial charge < -0.3 is 14.2 Å². The highest BCUT2D eigenvalue weighted by atomic mass is 16.8. The van der Waals surface area contributed by atoms with Crippen molar-refractivity contribution in [3.63, 3.8) is 0 Å². The highest BCUT2D eigenvalue weighted by Gasteiger charge is 2.23. The van der Waals surface area contributed by atoms with Crippen LogP contribution in [0.1, 0.15) is 34.6 Å². The van der Waals surface area contributed by atoms with E-state index in [4.69, 9.17) is 14.2 Å². The van der Waals surface area contributed by atoms with Crippen LogP contribution in [0.3, 0.4) is 0 Å². The molecule has 4 heteroatoms. The first kappa shape index (κ1) is 14.8. The third-order valence-electron chi connectivity index (χ3n) is 2.06. The molecular formula is C11H25NO3. The smallest absolute Gasteiger partial charge is 0.165 e. The molecule has 4 nitrogen and oxygen atoms in total. The SMILES string of the molecule is CCOC(C)(C)OC(C)OC(C)N(C)C. The van der Waals surface area contributed by atoms with Gasteiger partial charge in [0.2, 0.25) is 0 Å². The first-order valence-electron chi connectivity index (χ1n) is 5.42. The largest absolute Gasteiger partial charge is 0.351 e. The van der Waals surface area contributed by atoms with E-state index in [1.807, 2.05) is 53.6 Å². The molecule has 0 amide bonds. The van der Waals surface area contributed by atoms with Crippen molar-refractivity contribution in [1.29, 1.82) is 0 Å². The van der Waals surface area contributed by atoms with Crippen LogP contribution >= 0.6 is 0 Å². The number of hydrogen-bond donors (Lipinski definition) is 0. The van der Waals surface area contributed by atoms with E-state index in [1.54, 1.807) is 0 Å². The van der Waals surface area contributed by atoms with E-state index < -0.39 is 5.79 Å². The van der Waals surface area contributed by atoms with Crippen LogP contribution in [0.5, 0.6) is 0 Å². The van der Waals surface area contributed by atoms with E-state index in [2.05, 4.69) is 0 Å². The van der Waals surface area contributed by atoms with Gasteiger partial charge in [-0.05, 0) is 48.7 Å². The van der Waals surface area contributed by atoms with Gasteiger partial charge in [-0.1, -0.05) is 0 Å². The molecule has 0 spiro atoms. The topological polar surface area (TPSA) is 30.9 Å². The van der Waals surface area contributed by atoms with Crippen LogP contribution in [0.4, 0.5) is 0 Å². The summed E-state index contributed by atoms with van der Waals surface area (Å²) in [5.41, 5.74) is 0. The van der Waals surface area contributed by atoms with Gasteiger partial charge in [0, 0.05) is 6.61 Å². The molecule has 0 aromatic rings. The first-order chi connectivity index (χ1) is 6.78. The Hall–Kier alpha value is -0.160. The third-order valence-corrected chi connectivity index (χ3v) is 2.06. The lowest BCUT2D eigenvalue weighted by molar-refractivity contribution is -0.302. The first-order valence-corrected chi connectivity index (χ1v) is 5.42. The van der Waals surface area contributed by atoms with Crippen molar-refractivity contribution >= 4 is 0 Å². The molecule has 0 aliphatic carbocycles. The number of rotatable bonds is 7. The van der Waals surface area contributed by atoms with Crippen LogP contribution in [0.2, 0.25) is 0 Å². The summed E-state index contributed by atoms with van der Waals surface area (Å²) in [6.45, 7) is 10.2. The third kappa shape index (κ3) is 6.84. The molecule has 2 unspecified atom stereocenters. The quantitative estimate of drug-likeness (QED) is 0.613. The van der Waals surface area contributed by atoms with Crippen LogP contribution in [0.25, 0.3) is 0 Å². The molecule has 0 fully saturated rings. The van der Waals surface area contributed by atoms with E-state index >= 15 is 0 Å².